The molecule has 7 nitrogen and oxygen atoms in total. The Morgan fingerprint density at radius 3 is 2.48 bits per heavy atom. The summed E-state index contributed by atoms with van der Waals surface area (Å²) in [5.74, 6) is 1.48. The molecular weight excluding hydrogens is 292 g/mol. The summed E-state index contributed by atoms with van der Waals surface area (Å²) in [6, 6.07) is 7.26. The van der Waals surface area contributed by atoms with E-state index in [0.717, 1.165) is 18.8 Å². The van der Waals surface area contributed by atoms with Crippen LogP contribution in [0.15, 0.2) is 36.7 Å². The average Bonchev–Trinajstić information content (AvgIpc) is 3.07. The van der Waals surface area contributed by atoms with Crippen molar-refractivity contribution in [3.8, 4) is 28.8 Å². The second-order valence-electron chi connectivity index (χ2n) is 4.95. The molecule has 3 aromatic rings. The van der Waals surface area contributed by atoms with Crippen LogP contribution in [0, 0.1) is 0 Å². The highest BCUT2D eigenvalue weighted by Gasteiger charge is 2.14. The van der Waals surface area contributed by atoms with Gasteiger partial charge in [0.15, 0.2) is 11.6 Å². The van der Waals surface area contributed by atoms with Gasteiger partial charge in [0.05, 0.1) is 5.56 Å². The number of rotatable bonds is 5. The van der Waals surface area contributed by atoms with Crippen LogP contribution in [-0.4, -0.2) is 43.3 Å². The van der Waals surface area contributed by atoms with Crippen molar-refractivity contribution < 1.29 is 5.11 Å². The smallest absolute Gasteiger partial charge is 0.219 e. The van der Waals surface area contributed by atoms with Crippen molar-refractivity contribution in [3.05, 3.63) is 36.7 Å². The zero-order chi connectivity index (χ0) is 16.2. The van der Waals surface area contributed by atoms with Crippen LogP contribution < -0.4 is 4.90 Å². The molecule has 0 amide bonds. The van der Waals surface area contributed by atoms with Gasteiger partial charge in [-0.1, -0.05) is 0 Å². The molecule has 0 aliphatic rings. The van der Waals surface area contributed by atoms with Gasteiger partial charge in [-0.05, 0) is 32.0 Å². The number of phenolic OH excluding ortho intramolecular Hbond substituents is 1. The molecule has 0 atom stereocenters. The van der Waals surface area contributed by atoms with Crippen molar-refractivity contribution in [1.82, 2.24) is 25.1 Å². The maximum absolute atomic E-state index is 10.3. The second kappa shape index (κ2) is 6.43. The number of aromatic amines is 1. The van der Waals surface area contributed by atoms with E-state index < -0.39 is 0 Å². The van der Waals surface area contributed by atoms with E-state index in [-0.39, 0.29) is 5.75 Å². The summed E-state index contributed by atoms with van der Waals surface area (Å²) in [6.45, 7) is 5.92. The van der Waals surface area contributed by atoms with E-state index in [4.69, 9.17) is 0 Å². The molecule has 0 bridgehead atoms. The molecule has 3 rings (SSSR count). The van der Waals surface area contributed by atoms with E-state index >= 15 is 0 Å². The molecular formula is C16H18N6O. The predicted molar refractivity (Wildman–Crippen MR) is 88.1 cm³/mol. The van der Waals surface area contributed by atoms with Crippen molar-refractivity contribution in [2.75, 3.05) is 18.0 Å². The SMILES string of the molecule is CCN(CC)c1ccc(-c2nc(-c3ncccn3)n[nH]2)c(O)c1. The van der Waals surface area contributed by atoms with E-state index in [0.29, 0.717) is 23.0 Å². The largest absolute Gasteiger partial charge is 0.507 e. The Balaban J connectivity index is 1.92. The third-order valence-electron chi connectivity index (χ3n) is 3.62. The molecule has 0 aliphatic carbocycles. The molecule has 118 valence electrons. The minimum atomic E-state index is 0.158. The second-order valence-corrected chi connectivity index (χ2v) is 4.95. The molecule has 0 spiro atoms. The summed E-state index contributed by atoms with van der Waals surface area (Å²) in [4.78, 5) is 14.7. The number of benzene rings is 1. The quantitative estimate of drug-likeness (QED) is 0.752. The first-order valence-corrected chi connectivity index (χ1v) is 7.51. The normalized spacial score (nSPS) is 10.7. The fraction of sp³-hybridized carbons (Fsp3) is 0.250. The number of hydrogen-bond acceptors (Lipinski definition) is 6. The summed E-state index contributed by atoms with van der Waals surface area (Å²) in [7, 11) is 0. The summed E-state index contributed by atoms with van der Waals surface area (Å²) in [5.41, 5.74) is 1.57. The monoisotopic (exact) mass is 310 g/mol. The van der Waals surface area contributed by atoms with Crippen molar-refractivity contribution in [1.29, 1.82) is 0 Å². The van der Waals surface area contributed by atoms with Gasteiger partial charge < -0.3 is 10.0 Å². The van der Waals surface area contributed by atoms with Crippen molar-refractivity contribution in [2.45, 2.75) is 13.8 Å². The minimum Gasteiger partial charge on any atom is -0.507 e. The van der Waals surface area contributed by atoms with Crippen LogP contribution >= 0.6 is 0 Å². The molecule has 2 heterocycles. The molecule has 23 heavy (non-hydrogen) atoms. The maximum Gasteiger partial charge on any atom is 0.219 e. The van der Waals surface area contributed by atoms with Crippen LogP contribution in [0.3, 0.4) is 0 Å². The number of nitrogens with zero attached hydrogens (tertiary/aromatic N) is 5. The molecule has 0 unspecified atom stereocenters. The first kappa shape index (κ1) is 15.0. The predicted octanol–water partition coefficient (Wildman–Crippen LogP) is 2.48. The maximum atomic E-state index is 10.3. The summed E-state index contributed by atoms with van der Waals surface area (Å²) < 4.78 is 0. The highest BCUT2D eigenvalue weighted by atomic mass is 16.3. The Kier molecular flexibility index (Phi) is 4.18. The summed E-state index contributed by atoms with van der Waals surface area (Å²) in [5, 5.41) is 17.3. The zero-order valence-corrected chi connectivity index (χ0v) is 13.1. The van der Waals surface area contributed by atoms with Gasteiger partial charge in [-0.2, -0.15) is 0 Å². The van der Waals surface area contributed by atoms with E-state index in [1.54, 1.807) is 24.5 Å². The minimum absolute atomic E-state index is 0.158. The van der Waals surface area contributed by atoms with Crippen molar-refractivity contribution >= 4 is 5.69 Å². The number of aromatic nitrogens is 5. The van der Waals surface area contributed by atoms with E-state index in [1.807, 2.05) is 12.1 Å². The lowest BCUT2D eigenvalue weighted by Crippen LogP contribution is -2.21. The highest BCUT2D eigenvalue weighted by Crippen LogP contribution is 2.31. The lowest BCUT2D eigenvalue weighted by Gasteiger charge is -2.21. The van der Waals surface area contributed by atoms with Crippen LogP contribution in [0.4, 0.5) is 5.69 Å². The Hall–Kier alpha value is -2.96. The number of aromatic hydroxyl groups is 1. The first-order valence-electron chi connectivity index (χ1n) is 7.51. The molecule has 0 saturated carbocycles. The third kappa shape index (κ3) is 2.98. The van der Waals surface area contributed by atoms with Gasteiger partial charge in [0.1, 0.15) is 5.75 Å². The molecule has 0 saturated heterocycles. The van der Waals surface area contributed by atoms with Gasteiger partial charge in [0, 0.05) is 37.2 Å². The summed E-state index contributed by atoms with van der Waals surface area (Å²) >= 11 is 0. The summed E-state index contributed by atoms with van der Waals surface area (Å²) in [6.07, 6.45) is 3.27. The molecule has 0 fully saturated rings. The number of nitrogens with one attached hydrogen (secondary N) is 1. The van der Waals surface area contributed by atoms with E-state index in [1.165, 1.54) is 0 Å². The lowest BCUT2D eigenvalue weighted by molar-refractivity contribution is 0.477. The third-order valence-corrected chi connectivity index (χ3v) is 3.62. The fourth-order valence-electron chi connectivity index (χ4n) is 2.40. The Bertz CT molecular complexity index is 782. The van der Waals surface area contributed by atoms with E-state index in [2.05, 4.69) is 43.9 Å². The van der Waals surface area contributed by atoms with Gasteiger partial charge in [0.25, 0.3) is 0 Å². The average molecular weight is 310 g/mol. The van der Waals surface area contributed by atoms with E-state index in [9.17, 15) is 5.11 Å². The van der Waals surface area contributed by atoms with Gasteiger partial charge in [-0.3, -0.25) is 5.10 Å². The van der Waals surface area contributed by atoms with Crippen LogP contribution in [0.5, 0.6) is 5.75 Å². The number of hydrogen-bond donors (Lipinski definition) is 2. The molecule has 2 aromatic heterocycles. The lowest BCUT2D eigenvalue weighted by atomic mass is 10.1. The number of H-pyrrole nitrogens is 1. The van der Waals surface area contributed by atoms with Gasteiger partial charge in [-0.25, -0.2) is 15.0 Å². The van der Waals surface area contributed by atoms with Crippen LogP contribution in [0.1, 0.15) is 13.8 Å². The molecule has 1 aromatic carbocycles. The first-order chi connectivity index (χ1) is 11.2. The Morgan fingerprint density at radius 2 is 1.83 bits per heavy atom. The molecule has 2 N–H and O–H groups in total. The van der Waals surface area contributed by atoms with Crippen LogP contribution in [0.2, 0.25) is 0 Å². The Labute approximate surface area is 134 Å². The number of phenols is 1. The molecule has 7 heteroatoms. The number of anilines is 1. The molecule has 0 radical (unpaired) electrons. The standard InChI is InChI=1S/C16H18N6O/c1-3-22(4-2)11-6-7-12(13(23)10-11)14-19-16(21-20-14)15-17-8-5-9-18-15/h5-10,23H,3-4H2,1-2H3,(H,19,20,21). The van der Waals surface area contributed by atoms with Crippen molar-refractivity contribution in [3.63, 3.8) is 0 Å². The fourth-order valence-corrected chi connectivity index (χ4v) is 2.40. The Morgan fingerprint density at radius 1 is 1.09 bits per heavy atom. The molecule has 0 aliphatic heterocycles. The van der Waals surface area contributed by atoms with Crippen LogP contribution in [0.25, 0.3) is 23.0 Å². The van der Waals surface area contributed by atoms with Crippen LogP contribution in [-0.2, 0) is 0 Å². The highest BCUT2D eigenvalue weighted by molar-refractivity contribution is 5.69. The van der Waals surface area contributed by atoms with Gasteiger partial charge in [0.2, 0.25) is 5.82 Å². The zero-order valence-electron chi connectivity index (χ0n) is 13.1. The topological polar surface area (TPSA) is 90.8 Å². The van der Waals surface area contributed by atoms with Gasteiger partial charge >= 0.3 is 0 Å². The van der Waals surface area contributed by atoms with Crippen molar-refractivity contribution in [2.24, 2.45) is 0 Å². The van der Waals surface area contributed by atoms with Gasteiger partial charge in [-0.15, -0.1) is 5.10 Å².